The molecule has 142 valence electrons. The Morgan fingerprint density at radius 3 is 2.25 bits per heavy atom. The fourth-order valence-electron chi connectivity index (χ4n) is 4.43. The molecule has 2 atom stereocenters. The van der Waals surface area contributed by atoms with Gasteiger partial charge in [-0.1, -0.05) is 42.5 Å². The van der Waals surface area contributed by atoms with Gasteiger partial charge in [0.2, 0.25) is 0 Å². The number of piperidine rings is 1. The van der Waals surface area contributed by atoms with Crippen molar-refractivity contribution in [1.82, 2.24) is 4.90 Å². The van der Waals surface area contributed by atoms with Gasteiger partial charge in [-0.05, 0) is 43.4 Å². The SMILES string of the molecule is N#Cc1ccc(C(=O)C2CC3CCC(C2)N3C(=O)OCc2ccccc2)cc1. The molecule has 2 aromatic carbocycles. The van der Waals surface area contributed by atoms with E-state index < -0.39 is 0 Å². The van der Waals surface area contributed by atoms with Crippen LogP contribution in [0, 0.1) is 17.2 Å². The van der Waals surface area contributed by atoms with Crippen LogP contribution in [-0.2, 0) is 11.3 Å². The summed E-state index contributed by atoms with van der Waals surface area (Å²) in [7, 11) is 0. The molecular formula is C23H22N2O3. The molecule has 2 bridgehead atoms. The van der Waals surface area contributed by atoms with Crippen LogP contribution in [0.5, 0.6) is 0 Å². The molecule has 0 radical (unpaired) electrons. The molecule has 0 saturated carbocycles. The zero-order chi connectivity index (χ0) is 19.5. The lowest BCUT2D eigenvalue weighted by Crippen LogP contribution is -2.48. The monoisotopic (exact) mass is 374 g/mol. The zero-order valence-corrected chi connectivity index (χ0v) is 15.6. The number of fused-ring (bicyclic) bond motifs is 2. The molecule has 2 fully saturated rings. The van der Waals surface area contributed by atoms with Crippen molar-refractivity contribution in [1.29, 1.82) is 5.26 Å². The van der Waals surface area contributed by atoms with Gasteiger partial charge in [0.25, 0.3) is 0 Å². The largest absolute Gasteiger partial charge is 0.445 e. The quantitative estimate of drug-likeness (QED) is 0.747. The number of hydrogen-bond donors (Lipinski definition) is 0. The Labute approximate surface area is 164 Å². The summed E-state index contributed by atoms with van der Waals surface area (Å²) in [5.41, 5.74) is 2.16. The van der Waals surface area contributed by atoms with Crippen molar-refractivity contribution >= 4 is 11.9 Å². The summed E-state index contributed by atoms with van der Waals surface area (Å²) >= 11 is 0. The Kier molecular flexibility index (Phi) is 5.12. The maximum absolute atomic E-state index is 12.9. The van der Waals surface area contributed by atoms with Gasteiger partial charge in [-0.25, -0.2) is 4.79 Å². The van der Waals surface area contributed by atoms with Crippen LogP contribution in [0.15, 0.2) is 54.6 Å². The topological polar surface area (TPSA) is 70.4 Å². The van der Waals surface area contributed by atoms with Crippen molar-refractivity contribution < 1.29 is 14.3 Å². The molecule has 5 heteroatoms. The van der Waals surface area contributed by atoms with Gasteiger partial charge in [-0.3, -0.25) is 4.79 Å². The molecule has 28 heavy (non-hydrogen) atoms. The predicted octanol–water partition coefficient (Wildman–Crippen LogP) is 4.32. The number of carbonyl (C=O) groups is 2. The third-order valence-electron chi connectivity index (χ3n) is 5.82. The van der Waals surface area contributed by atoms with Gasteiger partial charge in [0.15, 0.2) is 5.78 Å². The lowest BCUT2D eigenvalue weighted by molar-refractivity contribution is 0.0485. The summed E-state index contributed by atoms with van der Waals surface area (Å²) in [5.74, 6) is 0.0299. The van der Waals surface area contributed by atoms with Crippen molar-refractivity contribution in [3.05, 3.63) is 71.3 Å². The van der Waals surface area contributed by atoms with Crippen LogP contribution in [0.4, 0.5) is 4.79 Å². The number of benzene rings is 2. The van der Waals surface area contributed by atoms with Gasteiger partial charge in [0, 0.05) is 23.6 Å². The second-order valence-electron chi connectivity index (χ2n) is 7.55. The highest BCUT2D eigenvalue weighted by molar-refractivity contribution is 5.98. The van der Waals surface area contributed by atoms with Crippen molar-refractivity contribution in [2.24, 2.45) is 5.92 Å². The minimum atomic E-state index is -0.277. The summed E-state index contributed by atoms with van der Waals surface area (Å²) in [4.78, 5) is 27.4. The molecule has 5 nitrogen and oxygen atoms in total. The maximum Gasteiger partial charge on any atom is 0.410 e. The Morgan fingerprint density at radius 1 is 1.00 bits per heavy atom. The maximum atomic E-state index is 12.9. The van der Waals surface area contributed by atoms with Gasteiger partial charge in [-0.2, -0.15) is 5.26 Å². The van der Waals surface area contributed by atoms with Gasteiger partial charge in [0.1, 0.15) is 6.61 Å². The number of rotatable bonds is 4. The highest BCUT2D eigenvalue weighted by atomic mass is 16.6. The molecule has 2 unspecified atom stereocenters. The molecule has 4 rings (SSSR count). The van der Waals surface area contributed by atoms with Gasteiger partial charge >= 0.3 is 6.09 Å². The first-order valence-corrected chi connectivity index (χ1v) is 9.69. The fourth-order valence-corrected chi connectivity index (χ4v) is 4.43. The van der Waals surface area contributed by atoms with E-state index in [1.807, 2.05) is 35.2 Å². The Morgan fingerprint density at radius 2 is 1.64 bits per heavy atom. The summed E-state index contributed by atoms with van der Waals surface area (Å²) in [5, 5.41) is 8.91. The summed E-state index contributed by atoms with van der Waals surface area (Å²) in [6.07, 6.45) is 2.91. The number of ether oxygens (including phenoxy) is 1. The number of Topliss-reactive ketones (excluding diaryl/α,β-unsaturated/α-hetero) is 1. The third-order valence-corrected chi connectivity index (χ3v) is 5.82. The Balaban J connectivity index is 1.39. The molecular weight excluding hydrogens is 352 g/mol. The van der Waals surface area contributed by atoms with E-state index in [0.717, 1.165) is 18.4 Å². The van der Waals surface area contributed by atoms with Gasteiger partial charge in [-0.15, -0.1) is 0 Å². The summed E-state index contributed by atoms with van der Waals surface area (Å²) < 4.78 is 5.53. The van der Waals surface area contributed by atoms with Gasteiger partial charge < -0.3 is 9.64 Å². The minimum absolute atomic E-state index is 0.0642. The lowest BCUT2D eigenvalue weighted by Gasteiger charge is -2.37. The van der Waals surface area contributed by atoms with Crippen molar-refractivity contribution in [2.75, 3.05) is 0 Å². The number of carbonyl (C=O) groups excluding carboxylic acids is 2. The molecule has 2 aromatic rings. The Bertz CT molecular complexity index is 888. The average molecular weight is 374 g/mol. The molecule has 0 spiro atoms. The third kappa shape index (κ3) is 3.63. The average Bonchev–Trinajstić information content (AvgIpc) is 3.01. The minimum Gasteiger partial charge on any atom is -0.445 e. The molecule has 0 aromatic heterocycles. The summed E-state index contributed by atoms with van der Waals surface area (Å²) in [6, 6.07) is 18.7. The molecule has 0 N–H and O–H groups in total. The van der Waals surface area contributed by atoms with Crippen molar-refractivity contribution in [3.8, 4) is 6.07 Å². The van der Waals surface area contributed by atoms with E-state index in [0.29, 0.717) is 24.0 Å². The zero-order valence-electron chi connectivity index (χ0n) is 15.6. The number of hydrogen-bond acceptors (Lipinski definition) is 4. The fraction of sp³-hybridized carbons (Fsp3) is 0.348. The van der Waals surface area contributed by atoms with E-state index in [9.17, 15) is 9.59 Å². The van der Waals surface area contributed by atoms with Crippen molar-refractivity contribution in [2.45, 2.75) is 44.4 Å². The normalized spacial score (nSPS) is 23.1. The van der Waals surface area contributed by atoms with Crippen LogP contribution >= 0.6 is 0 Å². The van der Waals surface area contributed by atoms with Gasteiger partial charge in [0.05, 0.1) is 11.6 Å². The lowest BCUT2D eigenvalue weighted by atomic mass is 9.85. The van der Waals surface area contributed by atoms with Crippen molar-refractivity contribution in [3.63, 3.8) is 0 Å². The first-order valence-electron chi connectivity index (χ1n) is 9.69. The van der Waals surface area contributed by atoms with Crippen LogP contribution < -0.4 is 0 Å². The molecule has 2 saturated heterocycles. The molecule has 0 aliphatic carbocycles. The molecule has 2 aliphatic rings. The summed E-state index contributed by atoms with van der Waals surface area (Å²) in [6.45, 7) is 0.267. The van der Waals surface area contributed by atoms with E-state index in [-0.39, 0.29) is 36.5 Å². The van der Waals surface area contributed by atoms with E-state index in [1.165, 1.54) is 0 Å². The van der Waals surface area contributed by atoms with E-state index >= 15 is 0 Å². The first kappa shape index (κ1) is 18.2. The van der Waals surface area contributed by atoms with Crippen LogP contribution in [-0.4, -0.2) is 28.9 Å². The number of ketones is 1. The Hall–Kier alpha value is -3.13. The van der Waals surface area contributed by atoms with Crippen LogP contribution in [0.2, 0.25) is 0 Å². The highest BCUT2D eigenvalue weighted by Gasteiger charge is 2.45. The second kappa shape index (κ2) is 7.85. The second-order valence-corrected chi connectivity index (χ2v) is 7.55. The number of amides is 1. The predicted molar refractivity (Wildman–Crippen MR) is 103 cm³/mol. The van der Waals surface area contributed by atoms with E-state index in [1.54, 1.807) is 24.3 Å². The smallest absolute Gasteiger partial charge is 0.410 e. The molecule has 1 amide bonds. The first-order chi connectivity index (χ1) is 13.7. The standard InChI is InChI=1S/C23H22N2O3/c24-14-16-6-8-18(9-7-16)22(26)19-12-20-10-11-21(13-19)25(20)23(27)28-15-17-4-2-1-3-5-17/h1-9,19-21H,10-13,15H2. The number of nitriles is 1. The highest BCUT2D eigenvalue weighted by Crippen LogP contribution is 2.40. The molecule has 2 aliphatic heterocycles. The van der Waals surface area contributed by atoms with Crippen LogP contribution in [0.3, 0.4) is 0 Å². The molecule has 2 heterocycles. The van der Waals surface area contributed by atoms with Crippen LogP contribution in [0.1, 0.15) is 47.2 Å². The van der Waals surface area contributed by atoms with Crippen LogP contribution in [0.25, 0.3) is 0 Å². The van der Waals surface area contributed by atoms with E-state index in [2.05, 4.69) is 6.07 Å². The van der Waals surface area contributed by atoms with E-state index in [4.69, 9.17) is 10.00 Å². The number of nitrogens with zero attached hydrogens (tertiary/aromatic N) is 2.